The third-order valence-corrected chi connectivity index (χ3v) is 4.39. The second kappa shape index (κ2) is 4.42. The monoisotopic (exact) mass is 257 g/mol. The molecule has 0 nitrogen and oxygen atoms in total. The van der Waals surface area contributed by atoms with Crippen molar-refractivity contribution in [3.05, 3.63) is 88.8 Å². The van der Waals surface area contributed by atoms with Gasteiger partial charge in [-0.2, -0.15) is 0 Å². The molecule has 96 valence electrons. The summed E-state index contributed by atoms with van der Waals surface area (Å²) in [5, 5.41) is 2.74. The Hall–Kier alpha value is -2.21. The van der Waals surface area contributed by atoms with Crippen LogP contribution in [0.3, 0.4) is 0 Å². The Bertz CT molecular complexity index is 783. The van der Waals surface area contributed by atoms with E-state index in [4.69, 9.17) is 0 Å². The topological polar surface area (TPSA) is 0 Å². The van der Waals surface area contributed by atoms with E-state index in [1.54, 1.807) is 0 Å². The highest BCUT2D eigenvalue weighted by Gasteiger charge is 2.32. The predicted molar refractivity (Wildman–Crippen MR) is 84.9 cm³/mol. The van der Waals surface area contributed by atoms with Gasteiger partial charge in [0.1, 0.15) is 0 Å². The smallest absolute Gasteiger partial charge is 0.0602 e. The van der Waals surface area contributed by atoms with Gasteiger partial charge in [0.2, 0.25) is 0 Å². The molecule has 0 amide bonds. The Morgan fingerprint density at radius 1 is 0.850 bits per heavy atom. The highest BCUT2D eigenvalue weighted by atomic mass is 14.3. The lowest BCUT2D eigenvalue weighted by Crippen LogP contribution is -2.14. The van der Waals surface area contributed by atoms with Crippen molar-refractivity contribution in [3.8, 4) is 0 Å². The van der Waals surface area contributed by atoms with Gasteiger partial charge >= 0.3 is 0 Å². The Morgan fingerprint density at radius 2 is 1.65 bits per heavy atom. The summed E-state index contributed by atoms with van der Waals surface area (Å²) in [6.45, 7) is 2.27. The molecule has 0 N–H and O–H groups in total. The van der Waals surface area contributed by atoms with Gasteiger partial charge in [0.15, 0.2) is 0 Å². The van der Waals surface area contributed by atoms with Crippen molar-refractivity contribution in [2.75, 3.05) is 0 Å². The molecule has 0 heterocycles. The van der Waals surface area contributed by atoms with Crippen molar-refractivity contribution in [3.63, 3.8) is 0 Å². The van der Waals surface area contributed by atoms with Crippen LogP contribution < -0.4 is 0 Å². The van der Waals surface area contributed by atoms with Crippen LogP contribution in [0.25, 0.3) is 10.8 Å². The van der Waals surface area contributed by atoms with Gasteiger partial charge in [-0.25, -0.2) is 0 Å². The molecule has 1 aliphatic rings. The lowest BCUT2D eigenvalue weighted by Gasteiger charge is -2.22. The number of hydrogen-bond acceptors (Lipinski definition) is 0. The molecule has 0 atom stereocenters. The Kier molecular flexibility index (Phi) is 2.56. The zero-order chi connectivity index (χ0) is 13.5. The summed E-state index contributed by atoms with van der Waals surface area (Å²) >= 11 is 0. The average Bonchev–Trinajstić information content (AvgIpc) is 2.52. The molecule has 0 saturated carbocycles. The zero-order valence-electron chi connectivity index (χ0n) is 11.7. The summed E-state index contributed by atoms with van der Waals surface area (Å²) in [5.74, 6) is 1.50. The maximum absolute atomic E-state index is 2.31. The molecule has 0 bridgehead atoms. The first-order valence-corrected chi connectivity index (χ1v) is 7.33. The molecule has 3 aromatic rings. The summed E-state index contributed by atoms with van der Waals surface area (Å²) in [6.07, 6.45) is 2.14. The van der Waals surface area contributed by atoms with Crippen molar-refractivity contribution in [1.29, 1.82) is 0 Å². The van der Waals surface area contributed by atoms with Crippen LogP contribution in [0.4, 0.5) is 0 Å². The van der Waals surface area contributed by atoms with E-state index in [9.17, 15) is 0 Å². The first-order valence-electron chi connectivity index (χ1n) is 7.33. The second-order valence-corrected chi connectivity index (χ2v) is 5.49. The van der Waals surface area contributed by atoms with Crippen molar-refractivity contribution in [1.82, 2.24) is 0 Å². The molecule has 0 unspecified atom stereocenters. The van der Waals surface area contributed by atoms with E-state index in [0.717, 1.165) is 12.8 Å². The number of benzene rings is 3. The SMILES string of the molecule is CC[C+]1c2ccccc2Cc2ccc3ccccc3c21. The zero-order valence-corrected chi connectivity index (χ0v) is 11.7. The highest BCUT2D eigenvalue weighted by Crippen LogP contribution is 2.41. The van der Waals surface area contributed by atoms with Crippen LogP contribution in [0.1, 0.15) is 35.6 Å². The Labute approximate surface area is 120 Å². The van der Waals surface area contributed by atoms with Crippen molar-refractivity contribution < 1.29 is 0 Å². The van der Waals surface area contributed by atoms with Crippen molar-refractivity contribution >= 4 is 10.8 Å². The van der Waals surface area contributed by atoms with Crippen LogP contribution in [-0.4, -0.2) is 0 Å². The summed E-state index contributed by atoms with van der Waals surface area (Å²) in [4.78, 5) is 0. The predicted octanol–water partition coefficient (Wildman–Crippen LogP) is 5.12. The maximum Gasteiger partial charge on any atom is 0.0877 e. The van der Waals surface area contributed by atoms with Gasteiger partial charge in [0, 0.05) is 28.5 Å². The fourth-order valence-corrected chi connectivity index (χ4v) is 3.50. The summed E-state index contributed by atoms with van der Waals surface area (Å²) in [6, 6.07) is 22.2. The van der Waals surface area contributed by atoms with Gasteiger partial charge in [-0.15, -0.1) is 0 Å². The summed E-state index contributed by atoms with van der Waals surface area (Å²) < 4.78 is 0. The number of fused-ring (bicyclic) bond motifs is 4. The molecule has 0 aliphatic heterocycles. The maximum atomic E-state index is 2.31. The number of hydrogen-bond donors (Lipinski definition) is 0. The fourth-order valence-electron chi connectivity index (χ4n) is 3.50. The molecule has 0 heteroatoms. The fraction of sp³-hybridized carbons (Fsp3) is 0.150. The first-order chi connectivity index (χ1) is 9.88. The van der Waals surface area contributed by atoms with E-state index >= 15 is 0 Å². The van der Waals surface area contributed by atoms with Gasteiger partial charge in [0.25, 0.3) is 0 Å². The standard InChI is InChI=1S/C20H17/c1-2-17-18-9-5-4-8-15(18)13-16-12-11-14-7-3-6-10-19(14)20(16)17/h3-12H,2,13H2,1H3/q+1. The first kappa shape index (κ1) is 11.6. The van der Waals surface area contributed by atoms with Crippen molar-refractivity contribution in [2.45, 2.75) is 19.8 Å². The second-order valence-electron chi connectivity index (χ2n) is 5.49. The molecular formula is C20H17+. The minimum Gasteiger partial charge on any atom is -0.0602 e. The lowest BCUT2D eigenvalue weighted by molar-refractivity contribution is 0.931. The van der Waals surface area contributed by atoms with Crippen molar-refractivity contribution in [2.24, 2.45) is 0 Å². The molecule has 4 rings (SSSR count). The quantitative estimate of drug-likeness (QED) is 0.530. The minimum absolute atomic E-state index is 1.06. The van der Waals surface area contributed by atoms with Crippen LogP contribution >= 0.6 is 0 Å². The van der Waals surface area contributed by atoms with E-state index in [1.165, 1.54) is 38.9 Å². The molecule has 0 saturated heterocycles. The molecule has 0 aromatic heterocycles. The van der Waals surface area contributed by atoms with E-state index in [-0.39, 0.29) is 0 Å². The van der Waals surface area contributed by atoms with Gasteiger partial charge in [-0.05, 0) is 48.9 Å². The molecule has 0 fully saturated rings. The van der Waals surface area contributed by atoms with Crippen LogP contribution in [0.2, 0.25) is 0 Å². The largest absolute Gasteiger partial charge is 0.0877 e. The molecular weight excluding hydrogens is 240 g/mol. The van der Waals surface area contributed by atoms with E-state index < -0.39 is 0 Å². The third-order valence-electron chi connectivity index (χ3n) is 4.39. The third kappa shape index (κ3) is 1.58. The van der Waals surface area contributed by atoms with Gasteiger partial charge in [-0.1, -0.05) is 19.1 Å². The van der Waals surface area contributed by atoms with Crippen LogP contribution in [0.15, 0.2) is 60.7 Å². The normalized spacial score (nSPS) is 13.2. The van der Waals surface area contributed by atoms with Crippen LogP contribution in [0.5, 0.6) is 0 Å². The molecule has 0 radical (unpaired) electrons. The molecule has 20 heavy (non-hydrogen) atoms. The summed E-state index contributed by atoms with van der Waals surface area (Å²) in [5.41, 5.74) is 5.86. The van der Waals surface area contributed by atoms with E-state index in [0.29, 0.717) is 0 Å². The molecule has 0 spiro atoms. The Morgan fingerprint density at radius 3 is 2.55 bits per heavy atom. The van der Waals surface area contributed by atoms with E-state index in [2.05, 4.69) is 67.6 Å². The van der Waals surface area contributed by atoms with E-state index in [1.807, 2.05) is 0 Å². The Balaban J connectivity index is 2.04. The lowest BCUT2D eigenvalue weighted by atomic mass is 9.75. The molecule has 3 aromatic carbocycles. The average molecular weight is 257 g/mol. The van der Waals surface area contributed by atoms with Gasteiger partial charge in [-0.3, -0.25) is 0 Å². The molecule has 1 aliphatic carbocycles. The summed E-state index contributed by atoms with van der Waals surface area (Å²) in [7, 11) is 0. The van der Waals surface area contributed by atoms with Crippen LogP contribution in [-0.2, 0) is 6.42 Å². The van der Waals surface area contributed by atoms with Gasteiger partial charge in [0.05, 0.1) is 22.9 Å². The van der Waals surface area contributed by atoms with Crippen LogP contribution in [0, 0.1) is 5.92 Å². The highest BCUT2D eigenvalue weighted by molar-refractivity contribution is 5.90. The number of rotatable bonds is 1. The van der Waals surface area contributed by atoms with Gasteiger partial charge < -0.3 is 0 Å². The minimum atomic E-state index is 1.06.